The largest absolute Gasteiger partial charge is 0.460 e. The van der Waals surface area contributed by atoms with Gasteiger partial charge in [0.2, 0.25) is 0 Å². The standard InChI is InChI=1S/C24H28N4O2/c29-23-24(9-13-27(14-10-24)12-4-6-19-5-3-11-25-16-19)15-20(30-23)17-28-18-26-21-7-1-2-8-22(21)28/h1-3,5,7-8,11,16,18,20H,4,6,9-10,12-15,17H2. The molecule has 0 amide bonds. The lowest BCUT2D eigenvalue weighted by Crippen LogP contribution is -2.42. The van der Waals surface area contributed by atoms with Crippen LogP contribution < -0.4 is 0 Å². The maximum Gasteiger partial charge on any atom is 0.312 e. The van der Waals surface area contributed by atoms with Gasteiger partial charge in [0.15, 0.2) is 0 Å². The quantitative estimate of drug-likeness (QED) is 0.589. The van der Waals surface area contributed by atoms with Gasteiger partial charge in [0.25, 0.3) is 0 Å². The Morgan fingerprint density at radius 2 is 2.00 bits per heavy atom. The van der Waals surface area contributed by atoms with E-state index in [4.69, 9.17) is 4.74 Å². The summed E-state index contributed by atoms with van der Waals surface area (Å²) in [7, 11) is 0. The number of hydrogen-bond acceptors (Lipinski definition) is 5. The number of esters is 1. The number of hydrogen-bond donors (Lipinski definition) is 0. The van der Waals surface area contributed by atoms with Crippen LogP contribution in [0.15, 0.2) is 55.1 Å². The van der Waals surface area contributed by atoms with E-state index < -0.39 is 0 Å². The second kappa shape index (κ2) is 8.19. The number of carbonyl (C=O) groups is 1. The lowest BCUT2D eigenvalue weighted by atomic mass is 9.76. The van der Waals surface area contributed by atoms with Crippen molar-refractivity contribution in [2.45, 2.75) is 44.8 Å². The molecule has 30 heavy (non-hydrogen) atoms. The molecule has 2 aromatic heterocycles. The number of benzene rings is 1. The molecule has 6 heteroatoms. The first-order valence-electron chi connectivity index (χ1n) is 10.9. The van der Waals surface area contributed by atoms with Crippen LogP contribution in [-0.4, -0.2) is 51.1 Å². The number of ether oxygens (including phenoxy) is 1. The highest BCUT2D eigenvalue weighted by Gasteiger charge is 2.50. The second-order valence-corrected chi connectivity index (χ2v) is 8.70. The van der Waals surface area contributed by atoms with E-state index in [1.807, 2.05) is 43.0 Å². The average molecular weight is 405 g/mol. The number of para-hydroxylation sites is 2. The number of imidazole rings is 1. The summed E-state index contributed by atoms with van der Waals surface area (Å²) in [5, 5.41) is 0. The van der Waals surface area contributed by atoms with Crippen molar-refractivity contribution < 1.29 is 9.53 Å². The maximum absolute atomic E-state index is 12.8. The molecule has 0 N–H and O–H groups in total. The van der Waals surface area contributed by atoms with Gasteiger partial charge >= 0.3 is 5.97 Å². The molecule has 0 saturated carbocycles. The van der Waals surface area contributed by atoms with Crippen LogP contribution in [0.3, 0.4) is 0 Å². The zero-order valence-electron chi connectivity index (χ0n) is 17.2. The van der Waals surface area contributed by atoms with Crippen molar-refractivity contribution in [2.24, 2.45) is 5.41 Å². The van der Waals surface area contributed by atoms with Crippen molar-refractivity contribution >= 4 is 17.0 Å². The van der Waals surface area contributed by atoms with Crippen LogP contribution >= 0.6 is 0 Å². The van der Waals surface area contributed by atoms with Crippen LogP contribution in [0, 0.1) is 5.41 Å². The number of likely N-dealkylation sites (tertiary alicyclic amines) is 1. The second-order valence-electron chi connectivity index (χ2n) is 8.70. The van der Waals surface area contributed by atoms with Crippen LogP contribution in [0.5, 0.6) is 0 Å². The molecule has 6 nitrogen and oxygen atoms in total. The normalized spacial score (nSPS) is 21.3. The summed E-state index contributed by atoms with van der Waals surface area (Å²) in [5.41, 5.74) is 3.08. The predicted octanol–water partition coefficient (Wildman–Crippen LogP) is 3.46. The Balaban J connectivity index is 1.14. The maximum atomic E-state index is 12.8. The minimum Gasteiger partial charge on any atom is -0.460 e. The molecule has 4 heterocycles. The zero-order valence-corrected chi connectivity index (χ0v) is 17.2. The molecule has 1 atom stereocenters. The number of aryl methyl sites for hydroxylation is 1. The van der Waals surface area contributed by atoms with E-state index in [9.17, 15) is 4.79 Å². The molecule has 2 aliphatic rings. The monoisotopic (exact) mass is 404 g/mol. The van der Waals surface area contributed by atoms with Crippen molar-refractivity contribution in [1.82, 2.24) is 19.4 Å². The van der Waals surface area contributed by atoms with Gasteiger partial charge in [0.05, 0.1) is 29.3 Å². The third kappa shape index (κ3) is 3.84. The fourth-order valence-corrected chi connectivity index (χ4v) is 4.98. The summed E-state index contributed by atoms with van der Waals surface area (Å²) in [6.07, 6.45) is 10.4. The van der Waals surface area contributed by atoms with Crippen molar-refractivity contribution in [2.75, 3.05) is 19.6 Å². The molecule has 156 valence electrons. The fourth-order valence-electron chi connectivity index (χ4n) is 4.98. The number of aromatic nitrogens is 3. The molecular weight excluding hydrogens is 376 g/mol. The fraction of sp³-hybridized carbons (Fsp3) is 0.458. The molecule has 0 bridgehead atoms. The van der Waals surface area contributed by atoms with Gasteiger partial charge in [-0.2, -0.15) is 0 Å². The molecule has 1 spiro atoms. The van der Waals surface area contributed by atoms with E-state index in [2.05, 4.69) is 31.6 Å². The summed E-state index contributed by atoms with van der Waals surface area (Å²) in [4.78, 5) is 23.9. The van der Waals surface area contributed by atoms with E-state index in [-0.39, 0.29) is 17.5 Å². The number of cyclic esters (lactones) is 1. The van der Waals surface area contributed by atoms with Gasteiger partial charge in [-0.25, -0.2) is 4.98 Å². The molecule has 1 aromatic carbocycles. The Labute approximate surface area is 176 Å². The first-order chi connectivity index (χ1) is 14.7. The van der Waals surface area contributed by atoms with Gasteiger partial charge in [0.1, 0.15) is 6.10 Å². The topological polar surface area (TPSA) is 60.3 Å². The third-order valence-corrected chi connectivity index (χ3v) is 6.73. The Hall–Kier alpha value is -2.73. The van der Waals surface area contributed by atoms with Crippen LogP contribution in [0.2, 0.25) is 0 Å². The Kier molecular flexibility index (Phi) is 5.25. The van der Waals surface area contributed by atoms with E-state index in [0.717, 1.165) is 62.8 Å². The predicted molar refractivity (Wildman–Crippen MR) is 115 cm³/mol. The highest BCUT2D eigenvalue weighted by atomic mass is 16.6. The van der Waals surface area contributed by atoms with Crippen molar-refractivity contribution in [3.05, 3.63) is 60.7 Å². The number of carbonyl (C=O) groups excluding carboxylic acids is 1. The highest BCUT2D eigenvalue weighted by Crippen LogP contribution is 2.43. The highest BCUT2D eigenvalue weighted by molar-refractivity contribution is 5.79. The molecular formula is C24H28N4O2. The van der Waals surface area contributed by atoms with Crippen molar-refractivity contribution in [3.8, 4) is 0 Å². The minimum absolute atomic E-state index is 0.00642. The Morgan fingerprint density at radius 1 is 1.13 bits per heavy atom. The van der Waals surface area contributed by atoms with Crippen molar-refractivity contribution in [1.29, 1.82) is 0 Å². The molecule has 0 radical (unpaired) electrons. The SMILES string of the molecule is O=C1OC(Cn2cnc3ccccc32)CC12CCN(CCCc1cccnc1)CC2. The summed E-state index contributed by atoms with van der Waals surface area (Å²) >= 11 is 0. The summed E-state index contributed by atoms with van der Waals surface area (Å²) < 4.78 is 7.95. The third-order valence-electron chi connectivity index (χ3n) is 6.73. The Morgan fingerprint density at radius 3 is 2.83 bits per heavy atom. The molecule has 2 saturated heterocycles. The van der Waals surface area contributed by atoms with E-state index >= 15 is 0 Å². The van der Waals surface area contributed by atoms with Gasteiger partial charge in [0, 0.05) is 18.8 Å². The van der Waals surface area contributed by atoms with E-state index in [1.54, 1.807) is 0 Å². The first kappa shape index (κ1) is 19.2. The first-order valence-corrected chi connectivity index (χ1v) is 10.9. The number of nitrogens with zero attached hydrogens (tertiary/aromatic N) is 4. The molecule has 2 fully saturated rings. The average Bonchev–Trinajstić information content (AvgIpc) is 3.31. The molecule has 1 unspecified atom stereocenters. The minimum atomic E-state index is -0.291. The van der Waals surface area contributed by atoms with Gasteiger partial charge in [-0.15, -0.1) is 0 Å². The molecule has 5 rings (SSSR count). The lowest BCUT2D eigenvalue weighted by Gasteiger charge is -2.36. The van der Waals surface area contributed by atoms with Gasteiger partial charge in [-0.05, 0) is 69.1 Å². The van der Waals surface area contributed by atoms with E-state index in [0.29, 0.717) is 6.54 Å². The number of pyridine rings is 1. The summed E-state index contributed by atoms with van der Waals surface area (Å²) in [5.74, 6) is 0.00642. The van der Waals surface area contributed by atoms with Crippen LogP contribution in [-0.2, 0) is 22.5 Å². The number of piperidine rings is 1. The summed E-state index contributed by atoms with van der Waals surface area (Å²) in [6, 6.07) is 12.2. The molecule has 3 aromatic rings. The molecule has 0 aliphatic carbocycles. The molecule has 2 aliphatic heterocycles. The van der Waals surface area contributed by atoms with Crippen LogP contribution in [0.4, 0.5) is 0 Å². The van der Waals surface area contributed by atoms with E-state index in [1.165, 1.54) is 5.56 Å². The van der Waals surface area contributed by atoms with Crippen LogP contribution in [0.1, 0.15) is 31.2 Å². The smallest absolute Gasteiger partial charge is 0.312 e. The van der Waals surface area contributed by atoms with Gasteiger partial charge in [-0.1, -0.05) is 18.2 Å². The summed E-state index contributed by atoms with van der Waals surface area (Å²) in [6.45, 7) is 3.71. The zero-order chi connectivity index (χ0) is 20.4. The van der Waals surface area contributed by atoms with Crippen molar-refractivity contribution in [3.63, 3.8) is 0 Å². The van der Waals surface area contributed by atoms with Crippen LogP contribution in [0.25, 0.3) is 11.0 Å². The van der Waals surface area contributed by atoms with Gasteiger partial charge < -0.3 is 14.2 Å². The number of rotatable bonds is 6. The number of fused-ring (bicyclic) bond motifs is 1. The van der Waals surface area contributed by atoms with Gasteiger partial charge in [-0.3, -0.25) is 9.78 Å². The lowest BCUT2D eigenvalue weighted by molar-refractivity contribution is -0.151. The Bertz CT molecular complexity index is 1010.